The van der Waals surface area contributed by atoms with Gasteiger partial charge in [0.05, 0.1) is 5.60 Å². The molecule has 0 aromatic carbocycles. The highest BCUT2D eigenvalue weighted by Gasteiger charge is 2.59. The van der Waals surface area contributed by atoms with E-state index in [1.807, 2.05) is 0 Å². The summed E-state index contributed by atoms with van der Waals surface area (Å²) in [7, 11) is 0. The van der Waals surface area contributed by atoms with Crippen LogP contribution < -0.4 is 0 Å². The summed E-state index contributed by atoms with van der Waals surface area (Å²) in [5.74, 6) is 4.73. The van der Waals surface area contributed by atoms with Gasteiger partial charge >= 0.3 is 0 Å². The Balaban J connectivity index is 1.51. The van der Waals surface area contributed by atoms with Gasteiger partial charge in [0.2, 0.25) is 0 Å². The van der Waals surface area contributed by atoms with Crippen molar-refractivity contribution in [1.29, 1.82) is 0 Å². The zero-order chi connectivity index (χ0) is 23.5. The molecular formula is C28H48O. The van der Waals surface area contributed by atoms with E-state index in [1.165, 1.54) is 50.5 Å². The molecule has 0 bridgehead atoms. The van der Waals surface area contributed by atoms with E-state index < -0.39 is 12.5 Å². The SMILES string of the molecule is [2H]C([2H])([2H])C1(O)CCC2(C)C(=CCC3C2CCC2(C)C3CCC2[C@H](C)CCCC(C)C)C1. The van der Waals surface area contributed by atoms with Crippen molar-refractivity contribution >= 4 is 0 Å². The van der Waals surface area contributed by atoms with Gasteiger partial charge in [-0.05, 0) is 105 Å². The van der Waals surface area contributed by atoms with Crippen molar-refractivity contribution in [3.8, 4) is 0 Å². The average Bonchev–Trinajstić information content (AvgIpc) is 3.04. The topological polar surface area (TPSA) is 20.2 Å². The van der Waals surface area contributed by atoms with Crippen LogP contribution in [0.1, 0.15) is 116 Å². The molecule has 0 radical (unpaired) electrons. The van der Waals surface area contributed by atoms with Crippen LogP contribution in [0.15, 0.2) is 11.6 Å². The number of hydrogen-bond donors (Lipinski definition) is 1. The molecule has 7 unspecified atom stereocenters. The van der Waals surface area contributed by atoms with E-state index in [4.69, 9.17) is 4.11 Å². The number of allylic oxidation sites excluding steroid dienone is 1. The number of rotatable bonds is 5. The number of fused-ring (bicyclic) bond motifs is 5. The zero-order valence-electron chi connectivity index (χ0n) is 22.8. The van der Waals surface area contributed by atoms with Crippen LogP contribution in [0.4, 0.5) is 0 Å². The Morgan fingerprint density at radius 1 is 1.07 bits per heavy atom. The Kier molecular flexibility index (Phi) is 4.84. The summed E-state index contributed by atoms with van der Waals surface area (Å²) in [4.78, 5) is 0. The molecule has 0 aromatic rings. The van der Waals surface area contributed by atoms with Crippen LogP contribution in [-0.2, 0) is 0 Å². The molecule has 29 heavy (non-hydrogen) atoms. The third-order valence-electron chi connectivity index (χ3n) is 10.4. The van der Waals surface area contributed by atoms with Crippen molar-refractivity contribution in [2.45, 2.75) is 118 Å². The molecule has 4 rings (SSSR count). The molecule has 3 saturated carbocycles. The van der Waals surface area contributed by atoms with Crippen LogP contribution in [-0.4, -0.2) is 10.7 Å². The van der Waals surface area contributed by atoms with E-state index in [-0.39, 0.29) is 5.41 Å². The van der Waals surface area contributed by atoms with Gasteiger partial charge < -0.3 is 5.11 Å². The molecule has 0 saturated heterocycles. The summed E-state index contributed by atoms with van der Waals surface area (Å²) in [5, 5.41) is 10.9. The van der Waals surface area contributed by atoms with E-state index in [2.05, 4.69) is 40.7 Å². The number of aliphatic hydroxyl groups is 1. The second-order valence-electron chi connectivity index (χ2n) is 12.5. The largest absolute Gasteiger partial charge is 0.390 e. The first-order chi connectivity index (χ1) is 14.8. The van der Waals surface area contributed by atoms with Gasteiger partial charge in [-0.15, -0.1) is 0 Å². The van der Waals surface area contributed by atoms with Crippen molar-refractivity contribution in [3.63, 3.8) is 0 Å². The molecule has 3 fully saturated rings. The Morgan fingerprint density at radius 2 is 1.86 bits per heavy atom. The highest BCUT2D eigenvalue weighted by atomic mass is 16.3. The first-order valence-electron chi connectivity index (χ1n) is 14.2. The normalized spacial score (nSPS) is 49.9. The molecule has 0 heterocycles. The summed E-state index contributed by atoms with van der Waals surface area (Å²) >= 11 is 0. The van der Waals surface area contributed by atoms with Gasteiger partial charge in [-0.2, -0.15) is 0 Å². The van der Waals surface area contributed by atoms with Gasteiger partial charge in [0.15, 0.2) is 0 Å². The summed E-state index contributed by atoms with van der Waals surface area (Å²) in [6, 6.07) is 0. The summed E-state index contributed by atoms with van der Waals surface area (Å²) in [5.41, 5.74) is 0.290. The second kappa shape index (κ2) is 7.68. The molecule has 1 nitrogen and oxygen atoms in total. The van der Waals surface area contributed by atoms with Crippen LogP contribution in [0.2, 0.25) is 0 Å². The fourth-order valence-corrected chi connectivity index (χ4v) is 8.67. The zero-order valence-corrected chi connectivity index (χ0v) is 19.8. The third-order valence-corrected chi connectivity index (χ3v) is 10.4. The highest BCUT2D eigenvalue weighted by molar-refractivity contribution is 5.26. The maximum atomic E-state index is 10.9. The van der Waals surface area contributed by atoms with Crippen LogP contribution in [0.25, 0.3) is 0 Å². The summed E-state index contributed by atoms with van der Waals surface area (Å²) < 4.78 is 23.7. The minimum absolute atomic E-state index is 0.0860. The van der Waals surface area contributed by atoms with Gasteiger partial charge in [0.25, 0.3) is 0 Å². The lowest BCUT2D eigenvalue weighted by atomic mass is 9.46. The Hall–Kier alpha value is -0.300. The Bertz CT molecular complexity index is 727. The highest BCUT2D eigenvalue weighted by Crippen LogP contribution is 2.67. The van der Waals surface area contributed by atoms with Crippen molar-refractivity contribution in [2.75, 3.05) is 0 Å². The molecule has 0 spiro atoms. The van der Waals surface area contributed by atoms with E-state index in [0.717, 1.165) is 42.4 Å². The predicted octanol–water partition coefficient (Wildman–Crippen LogP) is 7.78. The van der Waals surface area contributed by atoms with E-state index in [1.54, 1.807) is 0 Å². The standard InChI is InChI=1S/C28H48O/c1-19(2)8-7-9-20(3)23-12-13-24-22-11-10-21-18-26(4,29)16-17-27(21,5)25(22)14-15-28(23,24)6/h10,19-20,22-25,29H,7-9,11-18H2,1-6H3/t20-,22?,23?,24?,25?,26?,27?,28?/m1/s1/i4D3. The molecule has 166 valence electrons. The van der Waals surface area contributed by atoms with Crippen molar-refractivity contribution < 1.29 is 9.22 Å². The van der Waals surface area contributed by atoms with Crippen LogP contribution in [0.3, 0.4) is 0 Å². The van der Waals surface area contributed by atoms with Crippen molar-refractivity contribution in [1.82, 2.24) is 0 Å². The molecule has 0 aromatic heterocycles. The van der Waals surface area contributed by atoms with E-state index in [0.29, 0.717) is 24.2 Å². The molecule has 0 aliphatic heterocycles. The van der Waals surface area contributed by atoms with E-state index in [9.17, 15) is 5.11 Å². The van der Waals surface area contributed by atoms with Gasteiger partial charge in [-0.1, -0.05) is 65.5 Å². The van der Waals surface area contributed by atoms with Gasteiger partial charge in [-0.3, -0.25) is 0 Å². The number of hydrogen-bond acceptors (Lipinski definition) is 1. The van der Waals surface area contributed by atoms with Crippen LogP contribution in [0, 0.1) is 46.3 Å². The predicted molar refractivity (Wildman–Crippen MR) is 124 cm³/mol. The Morgan fingerprint density at radius 3 is 2.59 bits per heavy atom. The maximum Gasteiger partial charge on any atom is 0.0657 e. The molecule has 1 heteroatoms. The molecule has 4 aliphatic rings. The molecule has 1 N–H and O–H groups in total. The first-order valence-corrected chi connectivity index (χ1v) is 12.7. The molecule has 0 amide bonds. The van der Waals surface area contributed by atoms with Gasteiger partial charge in [0.1, 0.15) is 0 Å². The third kappa shape index (κ3) is 3.77. The molecule has 4 aliphatic carbocycles. The smallest absolute Gasteiger partial charge is 0.0657 e. The lowest BCUT2D eigenvalue weighted by molar-refractivity contribution is -0.0705. The lowest BCUT2D eigenvalue weighted by Crippen LogP contribution is -2.52. The van der Waals surface area contributed by atoms with Gasteiger partial charge in [0, 0.05) is 4.11 Å². The maximum absolute atomic E-state index is 10.9. The summed E-state index contributed by atoms with van der Waals surface area (Å²) in [6.45, 7) is 9.95. The first kappa shape index (κ1) is 18.3. The minimum atomic E-state index is -2.29. The minimum Gasteiger partial charge on any atom is -0.390 e. The fraction of sp³-hybridized carbons (Fsp3) is 0.929. The molecule has 8 atom stereocenters. The monoisotopic (exact) mass is 403 g/mol. The van der Waals surface area contributed by atoms with Crippen LogP contribution >= 0.6 is 0 Å². The quantitative estimate of drug-likeness (QED) is 0.465. The van der Waals surface area contributed by atoms with Gasteiger partial charge in [-0.25, -0.2) is 0 Å². The molecular weight excluding hydrogens is 352 g/mol. The van der Waals surface area contributed by atoms with E-state index >= 15 is 0 Å². The lowest BCUT2D eigenvalue weighted by Gasteiger charge is -2.59. The van der Waals surface area contributed by atoms with Crippen molar-refractivity contribution in [2.24, 2.45) is 46.3 Å². The summed E-state index contributed by atoms with van der Waals surface area (Å²) in [6.07, 6.45) is 14.6. The van der Waals surface area contributed by atoms with Crippen molar-refractivity contribution in [3.05, 3.63) is 11.6 Å². The Labute approximate surface area is 185 Å². The second-order valence-corrected chi connectivity index (χ2v) is 12.5. The fourth-order valence-electron chi connectivity index (χ4n) is 8.67. The average molecular weight is 404 g/mol. The van der Waals surface area contributed by atoms with Crippen LogP contribution in [0.5, 0.6) is 0 Å².